The normalized spacial score (nSPS) is 17.0. The lowest BCUT2D eigenvalue weighted by Gasteiger charge is -2.22. The lowest BCUT2D eigenvalue weighted by atomic mass is 9.87. The van der Waals surface area contributed by atoms with Crippen molar-refractivity contribution >= 4 is 11.3 Å². The number of methoxy groups -OCH3 is 1. The number of rotatable bonds is 11. The molecule has 4 rings (SSSR count). The quantitative estimate of drug-likeness (QED) is 0.181. The van der Waals surface area contributed by atoms with Crippen LogP contribution in [0.15, 0.2) is 72.3 Å². The Morgan fingerprint density at radius 2 is 1.90 bits per heavy atom. The van der Waals surface area contributed by atoms with E-state index in [0.29, 0.717) is 36.7 Å². The molecule has 0 fully saturated rings. The van der Waals surface area contributed by atoms with Crippen LogP contribution in [0.25, 0.3) is 0 Å². The Morgan fingerprint density at radius 1 is 1.10 bits per heavy atom. The summed E-state index contributed by atoms with van der Waals surface area (Å²) in [5.41, 5.74) is 1.99. The van der Waals surface area contributed by atoms with E-state index in [9.17, 15) is 13.2 Å². The maximum absolute atomic E-state index is 13.2. The molecule has 8 heteroatoms. The van der Waals surface area contributed by atoms with Gasteiger partial charge in [-0.3, -0.25) is 0 Å². The van der Waals surface area contributed by atoms with Gasteiger partial charge in [0.2, 0.25) is 0 Å². The number of nitrogens with zero attached hydrogens (tertiary/aromatic N) is 1. The fourth-order valence-electron chi connectivity index (χ4n) is 4.31. The van der Waals surface area contributed by atoms with Gasteiger partial charge in [0.1, 0.15) is 23.1 Å². The topological polar surface area (TPSA) is 40.6 Å². The smallest absolute Gasteiger partial charge is 0.416 e. The first kappa shape index (κ1) is 28.5. The second-order valence-corrected chi connectivity index (χ2v) is 10.3. The number of allylic oxidation sites excluding steroid dienone is 4. The summed E-state index contributed by atoms with van der Waals surface area (Å²) < 4.78 is 56.9. The molecule has 0 amide bonds. The zero-order chi connectivity index (χ0) is 27.8. The van der Waals surface area contributed by atoms with E-state index in [4.69, 9.17) is 25.6 Å². The summed E-state index contributed by atoms with van der Waals surface area (Å²) in [5, 5.41) is 0.773. The number of alkyl halides is 3. The summed E-state index contributed by atoms with van der Waals surface area (Å²) in [6, 6.07) is 15.2. The third-order valence-electron chi connectivity index (χ3n) is 6.41. The van der Waals surface area contributed by atoms with Gasteiger partial charge in [0.15, 0.2) is 0 Å². The number of benzene rings is 2. The number of halogens is 3. The Labute approximate surface area is 231 Å². The summed E-state index contributed by atoms with van der Waals surface area (Å²) in [5.74, 6) is 3.14. The summed E-state index contributed by atoms with van der Waals surface area (Å²) in [7, 11) is 1.55. The number of hydrogen-bond acceptors (Lipinski definition) is 5. The van der Waals surface area contributed by atoms with Gasteiger partial charge in [0.25, 0.3) is 0 Å². The summed E-state index contributed by atoms with van der Waals surface area (Å²) in [6.45, 7) is 3.15. The van der Waals surface area contributed by atoms with Crippen molar-refractivity contribution < 1.29 is 27.4 Å². The molecule has 0 bridgehead atoms. The Hall–Kier alpha value is -3.54. The summed E-state index contributed by atoms with van der Waals surface area (Å²) >= 11 is 1.47. The monoisotopic (exact) mass is 553 g/mol. The van der Waals surface area contributed by atoms with Crippen LogP contribution >= 0.6 is 11.3 Å². The highest BCUT2D eigenvalue weighted by atomic mass is 32.1. The molecule has 1 aliphatic rings. The van der Waals surface area contributed by atoms with Crippen molar-refractivity contribution in [1.29, 1.82) is 0 Å². The molecule has 2 atom stereocenters. The molecular weight excluding hydrogens is 523 g/mol. The van der Waals surface area contributed by atoms with Crippen LogP contribution < -0.4 is 9.47 Å². The number of aryl methyl sites for hydroxylation is 1. The molecule has 0 spiro atoms. The van der Waals surface area contributed by atoms with Crippen molar-refractivity contribution in [3.63, 3.8) is 0 Å². The number of terminal acetylenes is 1. The first-order chi connectivity index (χ1) is 18.8. The fraction of sp³-hybridized carbons (Fsp3) is 0.323. The molecular formula is C31H30F3NO3S. The van der Waals surface area contributed by atoms with Gasteiger partial charge in [-0.1, -0.05) is 61.4 Å². The first-order valence-electron chi connectivity index (χ1n) is 12.6. The summed E-state index contributed by atoms with van der Waals surface area (Å²) in [4.78, 5) is 5.80. The largest absolute Gasteiger partial charge is 0.495 e. The van der Waals surface area contributed by atoms with Crippen molar-refractivity contribution in [1.82, 2.24) is 4.98 Å². The molecule has 204 valence electrons. The second kappa shape index (κ2) is 13.0. The minimum Gasteiger partial charge on any atom is -0.495 e. The first-order valence-corrected chi connectivity index (χ1v) is 13.4. The molecule has 0 radical (unpaired) electrons. The average molecular weight is 554 g/mol. The maximum atomic E-state index is 13.2. The number of hydrogen-bond donors (Lipinski definition) is 0. The van der Waals surface area contributed by atoms with E-state index in [0.717, 1.165) is 33.6 Å². The highest BCUT2D eigenvalue weighted by molar-refractivity contribution is 7.11. The van der Waals surface area contributed by atoms with Gasteiger partial charge < -0.3 is 14.2 Å². The molecule has 3 aromatic rings. The Kier molecular flexibility index (Phi) is 9.50. The van der Waals surface area contributed by atoms with Crippen LogP contribution in [0.4, 0.5) is 13.2 Å². The zero-order valence-electron chi connectivity index (χ0n) is 21.8. The predicted molar refractivity (Wildman–Crippen MR) is 147 cm³/mol. The minimum atomic E-state index is -4.36. The van der Waals surface area contributed by atoms with Crippen molar-refractivity contribution in [2.24, 2.45) is 5.92 Å². The second-order valence-electron chi connectivity index (χ2n) is 9.22. The molecule has 1 heterocycles. The molecule has 1 aliphatic carbocycles. The third kappa shape index (κ3) is 7.53. The van der Waals surface area contributed by atoms with Crippen molar-refractivity contribution in [2.45, 2.75) is 45.1 Å². The van der Waals surface area contributed by atoms with E-state index < -0.39 is 11.7 Å². The number of aromatic nitrogens is 1. The van der Waals surface area contributed by atoms with Gasteiger partial charge in [-0.2, -0.15) is 13.2 Å². The molecule has 2 unspecified atom stereocenters. The lowest BCUT2D eigenvalue weighted by molar-refractivity contribution is -0.0889. The lowest BCUT2D eigenvalue weighted by Crippen LogP contribution is -2.17. The molecule has 0 aliphatic heterocycles. The average Bonchev–Trinajstić information content (AvgIpc) is 3.34. The molecule has 0 saturated heterocycles. The Balaban J connectivity index is 1.47. The molecule has 2 aromatic carbocycles. The number of ether oxygens (including phenoxy) is 3. The van der Waals surface area contributed by atoms with Crippen LogP contribution in [0.5, 0.6) is 11.5 Å². The van der Waals surface area contributed by atoms with Gasteiger partial charge >= 0.3 is 6.18 Å². The van der Waals surface area contributed by atoms with Gasteiger partial charge in [-0.15, -0.1) is 17.8 Å². The Bertz CT molecular complexity index is 1360. The predicted octanol–water partition coefficient (Wildman–Crippen LogP) is 7.64. The molecule has 4 nitrogen and oxygen atoms in total. The van der Waals surface area contributed by atoms with Crippen LogP contribution in [0.1, 0.15) is 46.0 Å². The van der Waals surface area contributed by atoms with Crippen LogP contribution in [0.2, 0.25) is 0 Å². The van der Waals surface area contributed by atoms with Crippen LogP contribution in [-0.4, -0.2) is 24.9 Å². The van der Waals surface area contributed by atoms with Crippen LogP contribution in [-0.2, 0) is 24.4 Å². The van der Waals surface area contributed by atoms with E-state index in [1.165, 1.54) is 17.4 Å². The van der Waals surface area contributed by atoms with E-state index in [-0.39, 0.29) is 18.4 Å². The van der Waals surface area contributed by atoms with Crippen LogP contribution in [0, 0.1) is 18.3 Å². The highest BCUT2D eigenvalue weighted by Crippen LogP contribution is 2.39. The van der Waals surface area contributed by atoms with E-state index >= 15 is 0 Å². The van der Waals surface area contributed by atoms with Crippen LogP contribution in [0.3, 0.4) is 0 Å². The van der Waals surface area contributed by atoms with Crippen molar-refractivity contribution in [2.75, 3.05) is 13.7 Å². The number of thiazole rings is 1. The Morgan fingerprint density at radius 3 is 2.59 bits per heavy atom. The minimum absolute atomic E-state index is 0.238. The van der Waals surface area contributed by atoms with Gasteiger partial charge in [0.05, 0.1) is 35.4 Å². The van der Waals surface area contributed by atoms with Crippen molar-refractivity contribution in [3.8, 4) is 23.8 Å². The molecule has 0 N–H and O–H groups in total. The third-order valence-corrected chi connectivity index (χ3v) is 7.58. The molecule has 39 heavy (non-hydrogen) atoms. The van der Waals surface area contributed by atoms with Gasteiger partial charge in [-0.05, 0) is 36.5 Å². The standard InChI is InChI=1S/C31H30F3NO3S/c1-4-23-12-14-25(18-28(23)36-3)38-20-29-27(11-8-16-37-19-22-9-6-5-7-10-22)35-30(39-29)26-15-13-24(17-21(26)2)31(32,33)34/h1,5-7,9-10,12-15,17-18,21,26H,8,11,16,19-20H2,2-3H3. The van der Waals surface area contributed by atoms with E-state index in [2.05, 4.69) is 5.92 Å². The summed E-state index contributed by atoms with van der Waals surface area (Å²) in [6.07, 6.45) is 6.61. The van der Waals surface area contributed by atoms with Gasteiger partial charge in [-0.25, -0.2) is 4.98 Å². The molecule has 1 aromatic heterocycles. The zero-order valence-corrected chi connectivity index (χ0v) is 22.6. The maximum Gasteiger partial charge on any atom is 0.416 e. The van der Waals surface area contributed by atoms with Gasteiger partial charge in [0, 0.05) is 18.6 Å². The van der Waals surface area contributed by atoms with Crippen molar-refractivity contribution in [3.05, 3.63) is 99.0 Å². The highest BCUT2D eigenvalue weighted by Gasteiger charge is 2.35. The molecule has 0 saturated carbocycles. The van der Waals surface area contributed by atoms with E-state index in [1.54, 1.807) is 38.3 Å². The van der Waals surface area contributed by atoms with E-state index in [1.807, 2.05) is 30.3 Å². The SMILES string of the molecule is C#Cc1ccc(OCc2sc(C3C=CC(C(F)(F)F)=CC3C)nc2CCCOCc2ccccc2)cc1OC. The fourth-order valence-corrected chi connectivity index (χ4v) is 5.53.